The third kappa shape index (κ3) is 2.79. The van der Waals surface area contributed by atoms with Crippen molar-refractivity contribution in [3.05, 3.63) is 23.0 Å². The van der Waals surface area contributed by atoms with Crippen LogP contribution in [0.5, 0.6) is 5.75 Å². The zero-order valence-corrected chi connectivity index (χ0v) is 8.71. The number of nitrogens with zero attached hydrogens (tertiary/aromatic N) is 1. The van der Waals surface area contributed by atoms with Gasteiger partial charge in [0.25, 0.3) is 6.43 Å². The number of rotatable bonds is 4. The lowest BCUT2D eigenvalue weighted by atomic mass is 10.1. The molecule has 0 aliphatic heterocycles. The van der Waals surface area contributed by atoms with Gasteiger partial charge in [0, 0.05) is 5.56 Å². The molecule has 0 aromatic carbocycles. The molecule has 16 heavy (non-hydrogen) atoms. The molecule has 0 aliphatic carbocycles. The SMILES string of the molecule is O=C(O)Cc1nc(C(F)F)cc(CCl)c1O. The summed E-state index contributed by atoms with van der Waals surface area (Å²) in [5.74, 6) is -1.91. The Kier molecular flexibility index (Phi) is 4.00. The highest BCUT2D eigenvalue weighted by Crippen LogP contribution is 2.28. The molecular formula is C9H8ClF2NO3. The van der Waals surface area contributed by atoms with Crippen molar-refractivity contribution >= 4 is 17.6 Å². The van der Waals surface area contributed by atoms with E-state index in [-0.39, 0.29) is 17.1 Å². The monoisotopic (exact) mass is 251 g/mol. The van der Waals surface area contributed by atoms with E-state index in [1.807, 2.05) is 0 Å². The number of hydrogen-bond donors (Lipinski definition) is 2. The van der Waals surface area contributed by atoms with Crippen molar-refractivity contribution < 1.29 is 23.8 Å². The molecular weight excluding hydrogens is 244 g/mol. The van der Waals surface area contributed by atoms with E-state index in [1.165, 1.54) is 0 Å². The van der Waals surface area contributed by atoms with Crippen molar-refractivity contribution in [1.29, 1.82) is 0 Å². The lowest BCUT2D eigenvalue weighted by molar-refractivity contribution is -0.136. The third-order valence-corrected chi connectivity index (χ3v) is 2.14. The Balaban J connectivity index is 3.24. The van der Waals surface area contributed by atoms with E-state index in [9.17, 15) is 18.7 Å². The van der Waals surface area contributed by atoms with Crippen LogP contribution in [0.25, 0.3) is 0 Å². The zero-order chi connectivity index (χ0) is 12.3. The fourth-order valence-corrected chi connectivity index (χ4v) is 1.36. The number of carboxylic acids is 1. The Morgan fingerprint density at radius 3 is 2.62 bits per heavy atom. The first kappa shape index (κ1) is 12.6. The van der Waals surface area contributed by atoms with E-state index in [2.05, 4.69) is 4.98 Å². The van der Waals surface area contributed by atoms with Gasteiger partial charge in [-0.15, -0.1) is 11.6 Å². The van der Waals surface area contributed by atoms with Crippen LogP contribution < -0.4 is 0 Å². The summed E-state index contributed by atoms with van der Waals surface area (Å²) in [7, 11) is 0. The van der Waals surface area contributed by atoms with E-state index >= 15 is 0 Å². The molecule has 0 fully saturated rings. The van der Waals surface area contributed by atoms with Gasteiger partial charge in [-0.05, 0) is 6.07 Å². The predicted molar refractivity (Wildman–Crippen MR) is 51.8 cm³/mol. The highest BCUT2D eigenvalue weighted by Gasteiger charge is 2.18. The smallest absolute Gasteiger partial charge is 0.309 e. The molecule has 1 aromatic rings. The normalized spacial score (nSPS) is 10.8. The molecule has 4 nitrogen and oxygen atoms in total. The van der Waals surface area contributed by atoms with Crippen LogP contribution in [0.3, 0.4) is 0 Å². The van der Waals surface area contributed by atoms with Gasteiger partial charge >= 0.3 is 5.97 Å². The van der Waals surface area contributed by atoms with Gasteiger partial charge in [0.15, 0.2) is 0 Å². The Hall–Kier alpha value is -1.43. The van der Waals surface area contributed by atoms with Crippen LogP contribution in [0.2, 0.25) is 0 Å². The van der Waals surface area contributed by atoms with Crippen LogP contribution in [0.4, 0.5) is 8.78 Å². The largest absolute Gasteiger partial charge is 0.506 e. The molecule has 0 bridgehead atoms. The summed E-state index contributed by atoms with van der Waals surface area (Å²) in [6, 6.07) is 0.957. The maximum atomic E-state index is 12.4. The van der Waals surface area contributed by atoms with Crippen LogP contribution in [0.1, 0.15) is 23.4 Å². The quantitative estimate of drug-likeness (QED) is 0.804. The van der Waals surface area contributed by atoms with Crippen LogP contribution in [-0.4, -0.2) is 21.2 Å². The van der Waals surface area contributed by atoms with Gasteiger partial charge in [0.1, 0.15) is 11.4 Å². The van der Waals surface area contributed by atoms with E-state index in [1.54, 1.807) is 0 Å². The average Bonchev–Trinajstić information content (AvgIpc) is 2.20. The Morgan fingerprint density at radius 1 is 1.56 bits per heavy atom. The third-order valence-electron chi connectivity index (χ3n) is 1.85. The van der Waals surface area contributed by atoms with Crippen molar-refractivity contribution in [2.24, 2.45) is 0 Å². The maximum Gasteiger partial charge on any atom is 0.309 e. The summed E-state index contributed by atoms with van der Waals surface area (Å²) in [5, 5.41) is 18.0. The second-order valence-corrected chi connectivity index (χ2v) is 3.27. The summed E-state index contributed by atoms with van der Waals surface area (Å²) < 4.78 is 24.8. The van der Waals surface area contributed by atoms with Crippen molar-refractivity contribution in [2.75, 3.05) is 0 Å². The molecule has 0 radical (unpaired) electrons. The first-order valence-electron chi connectivity index (χ1n) is 4.23. The van der Waals surface area contributed by atoms with E-state index < -0.39 is 30.3 Å². The maximum absolute atomic E-state index is 12.4. The number of halogens is 3. The first-order valence-corrected chi connectivity index (χ1v) is 4.76. The van der Waals surface area contributed by atoms with Gasteiger partial charge in [-0.2, -0.15) is 0 Å². The molecule has 0 amide bonds. The number of aliphatic carboxylic acids is 1. The number of alkyl halides is 3. The molecule has 0 aliphatic rings. The summed E-state index contributed by atoms with van der Waals surface area (Å²) >= 11 is 5.44. The summed E-state index contributed by atoms with van der Waals surface area (Å²) in [6.07, 6.45) is -3.47. The molecule has 0 unspecified atom stereocenters. The summed E-state index contributed by atoms with van der Waals surface area (Å²) in [6.45, 7) is 0. The minimum Gasteiger partial charge on any atom is -0.506 e. The molecule has 1 heterocycles. The Labute approximate surface area is 94.5 Å². The van der Waals surface area contributed by atoms with Crippen molar-refractivity contribution in [3.63, 3.8) is 0 Å². The minimum atomic E-state index is -2.84. The van der Waals surface area contributed by atoms with Crippen molar-refractivity contribution in [2.45, 2.75) is 18.7 Å². The van der Waals surface area contributed by atoms with Crippen LogP contribution in [0, 0.1) is 0 Å². The van der Waals surface area contributed by atoms with Gasteiger partial charge in [0.05, 0.1) is 18.0 Å². The molecule has 88 valence electrons. The fourth-order valence-electron chi connectivity index (χ4n) is 1.15. The predicted octanol–water partition coefficient (Wildman–Crippen LogP) is 2.09. The fraction of sp³-hybridized carbons (Fsp3) is 0.333. The zero-order valence-electron chi connectivity index (χ0n) is 7.95. The standard InChI is InChI=1S/C9H8ClF2NO3/c10-3-4-1-6(9(11)12)13-5(8(4)16)2-7(14)15/h1,9,16H,2-3H2,(H,14,15). The number of aromatic nitrogens is 1. The van der Waals surface area contributed by atoms with Gasteiger partial charge in [-0.25, -0.2) is 13.8 Å². The highest BCUT2D eigenvalue weighted by molar-refractivity contribution is 6.17. The molecule has 0 atom stereocenters. The molecule has 7 heteroatoms. The van der Waals surface area contributed by atoms with E-state index in [4.69, 9.17) is 16.7 Å². The summed E-state index contributed by atoms with van der Waals surface area (Å²) in [4.78, 5) is 13.8. The topological polar surface area (TPSA) is 70.4 Å². The minimum absolute atomic E-state index is 0.0446. The molecule has 2 N–H and O–H groups in total. The Morgan fingerprint density at radius 2 is 2.19 bits per heavy atom. The lowest BCUT2D eigenvalue weighted by Gasteiger charge is -2.08. The molecule has 0 saturated heterocycles. The van der Waals surface area contributed by atoms with Crippen LogP contribution in [0.15, 0.2) is 6.07 Å². The van der Waals surface area contributed by atoms with Crippen molar-refractivity contribution in [1.82, 2.24) is 4.98 Å². The van der Waals surface area contributed by atoms with Gasteiger partial charge < -0.3 is 10.2 Å². The lowest BCUT2D eigenvalue weighted by Crippen LogP contribution is -2.06. The Bertz CT molecular complexity index is 412. The number of aromatic hydroxyl groups is 1. The number of pyridine rings is 1. The number of hydrogen-bond acceptors (Lipinski definition) is 3. The summed E-state index contributed by atoms with van der Waals surface area (Å²) in [5.41, 5.74) is -0.853. The number of carbonyl (C=O) groups is 1. The van der Waals surface area contributed by atoms with Crippen molar-refractivity contribution in [3.8, 4) is 5.75 Å². The average molecular weight is 252 g/mol. The molecule has 1 rings (SSSR count). The second kappa shape index (κ2) is 5.07. The molecule has 0 saturated carbocycles. The molecule has 0 spiro atoms. The highest BCUT2D eigenvalue weighted by atomic mass is 35.5. The van der Waals surface area contributed by atoms with E-state index in [0.717, 1.165) is 6.07 Å². The second-order valence-electron chi connectivity index (χ2n) is 3.01. The van der Waals surface area contributed by atoms with Gasteiger partial charge in [-0.3, -0.25) is 4.79 Å². The first-order chi connectivity index (χ1) is 7.45. The van der Waals surface area contributed by atoms with Crippen LogP contribution >= 0.6 is 11.6 Å². The number of carboxylic acid groups (broad SMARTS) is 1. The van der Waals surface area contributed by atoms with Gasteiger partial charge in [-0.1, -0.05) is 0 Å². The van der Waals surface area contributed by atoms with Gasteiger partial charge in [0.2, 0.25) is 0 Å². The molecule has 1 aromatic heterocycles. The van der Waals surface area contributed by atoms with Crippen LogP contribution in [-0.2, 0) is 17.1 Å². The van der Waals surface area contributed by atoms with E-state index in [0.29, 0.717) is 0 Å².